The highest BCUT2D eigenvalue weighted by molar-refractivity contribution is 6.16. The van der Waals surface area contributed by atoms with Gasteiger partial charge in [0.1, 0.15) is 5.54 Å². The smallest absolute Gasteiger partial charge is 0.253 e. The Morgan fingerprint density at radius 2 is 1.33 bits per heavy atom. The minimum Gasteiger partial charge on any atom is -0.306 e. The van der Waals surface area contributed by atoms with E-state index >= 15 is 0 Å². The lowest BCUT2D eigenvalue weighted by molar-refractivity contribution is -0.146. The lowest BCUT2D eigenvalue weighted by atomic mass is 9.75. The summed E-state index contributed by atoms with van der Waals surface area (Å²) >= 11 is 0. The van der Waals surface area contributed by atoms with E-state index in [2.05, 4.69) is 4.90 Å². The van der Waals surface area contributed by atoms with Crippen LogP contribution in [0.15, 0.2) is 84.9 Å². The van der Waals surface area contributed by atoms with Crippen LogP contribution in [0.4, 0.5) is 5.69 Å². The van der Waals surface area contributed by atoms with Crippen LogP contribution >= 0.6 is 0 Å². The minimum absolute atomic E-state index is 0.0744. The monoisotopic (exact) mass is 477 g/mol. The molecule has 3 amide bonds. The molecule has 0 radical (unpaired) electrons. The molecule has 6 nitrogen and oxygen atoms in total. The van der Waals surface area contributed by atoms with Gasteiger partial charge in [0.2, 0.25) is 11.8 Å². The number of likely N-dealkylation sites (tertiary alicyclic amines) is 1. The maximum Gasteiger partial charge on any atom is 0.253 e. The number of rotatable bonds is 4. The van der Waals surface area contributed by atoms with Gasteiger partial charge in [-0.1, -0.05) is 78.9 Å². The van der Waals surface area contributed by atoms with Crippen molar-refractivity contribution in [3.63, 3.8) is 0 Å². The molecular weight excluding hydrogens is 450 g/mol. The molecule has 0 saturated carbocycles. The van der Waals surface area contributed by atoms with E-state index < -0.39 is 17.4 Å². The highest BCUT2D eigenvalue weighted by Gasteiger charge is 2.75. The van der Waals surface area contributed by atoms with Crippen LogP contribution in [0, 0.1) is 11.8 Å². The topological polar surface area (TPSA) is 60.9 Å². The SMILES string of the molecule is O=C1[C@@H]2[C@H]3CCCN3[C@@]3(C(=O)N(Cc4ccccc4)c4ccccc43)[C@H]2C(=O)N1Cc1ccccc1. The van der Waals surface area contributed by atoms with Crippen molar-refractivity contribution in [1.29, 1.82) is 0 Å². The van der Waals surface area contributed by atoms with Crippen LogP contribution in [-0.2, 0) is 33.0 Å². The van der Waals surface area contributed by atoms with Crippen molar-refractivity contribution in [3.8, 4) is 0 Å². The first-order valence-electron chi connectivity index (χ1n) is 12.7. The Morgan fingerprint density at radius 1 is 0.722 bits per heavy atom. The molecule has 0 N–H and O–H groups in total. The molecule has 7 rings (SSSR count). The van der Waals surface area contributed by atoms with Gasteiger partial charge in [-0.05, 0) is 36.6 Å². The van der Waals surface area contributed by atoms with Gasteiger partial charge in [-0.2, -0.15) is 0 Å². The molecule has 3 aromatic rings. The van der Waals surface area contributed by atoms with Crippen LogP contribution in [0.5, 0.6) is 0 Å². The van der Waals surface area contributed by atoms with Crippen molar-refractivity contribution in [3.05, 3.63) is 102 Å². The first-order chi connectivity index (χ1) is 17.6. The normalized spacial score (nSPS) is 28.8. The summed E-state index contributed by atoms with van der Waals surface area (Å²) in [6.45, 7) is 1.40. The molecule has 3 aromatic carbocycles. The molecule has 1 spiro atoms. The quantitative estimate of drug-likeness (QED) is 0.538. The van der Waals surface area contributed by atoms with Crippen molar-refractivity contribution in [2.75, 3.05) is 11.4 Å². The summed E-state index contributed by atoms with van der Waals surface area (Å²) in [6, 6.07) is 27.3. The van der Waals surface area contributed by atoms with Crippen LogP contribution in [0.2, 0.25) is 0 Å². The molecule has 4 atom stereocenters. The Morgan fingerprint density at radius 3 is 2.03 bits per heavy atom. The third-order valence-electron chi connectivity index (χ3n) is 8.60. The van der Waals surface area contributed by atoms with E-state index in [9.17, 15) is 14.4 Å². The number of carbonyl (C=O) groups excluding carboxylic acids is 3. The molecule has 180 valence electrons. The Bertz CT molecular complexity index is 1370. The largest absolute Gasteiger partial charge is 0.306 e. The van der Waals surface area contributed by atoms with Gasteiger partial charge in [-0.25, -0.2) is 0 Å². The van der Waals surface area contributed by atoms with Gasteiger partial charge in [-0.15, -0.1) is 0 Å². The summed E-state index contributed by atoms with van der Waals surface area (Å²) in [4.78, 5) is 48.0. The number of fused-ring (bicyclic) bond motifs is 7. The fraction of sp³-hybridized carbons (Fsp3) is 0.300. The summed E-state index contributed by atoms with van der Waals surface area (Å²) in [7, 11) is 0. The Kier molecular flexibility index (Phi) is 4.70. The molecule has 4 aliphatic heterocycles. The third-order valence-corrected chi connectivity index (χ3v) is 8.60. The Balaban J connectivity index is 1.36. The first-order valence-corrected chi connectivity index (χ1v) is 12.7. The van der Waals surface area contributed by atoms with E-state index in [1.54, 1.807) is 0 Å². The van der Waals surface area contributed by atoms with Crippen molar-refractivity contribution in [1.82, 2.24) is 9.80 Å². The number of carbonyl (C=O) groups is 3. The van der Waals surface area contributed by atoms with Gasteiger partial charge in [-0.3, -0.25) is 24.2 Å². The molecule has 4 aliphatic rings. The second-order valence-corrected chi connectivity index (χ2v) is 10.3. The van der Waals surface area contributed by atoms with Crippen LogP contribution in [0.1, 0.15) is 29.5 Å². The van der Waals surface area contributed by atoms with E-state index in [0.717, 1.165) is 41.8 Å². The average molecular weight is 478 g/mol. The standard InChI is InChI=1S/C30H27N3O3/c34-27-25-24-16-9-17-33(24)30(26(25)28(35)32(27)19-21-12-5-2-6-13-21)22-14-7-8-15-23(22)31(29(30)36)18-20-10-3-1-4-11-20/h1-8,10-15,24-26H,9,16-19H2/t24-,25-,26-,30-/m1/s1. The molecule has 3 fully saturated rings. The number of anilines is 1. The predicted molar refractivity (Wildman–Crippen MR) is 134 cm³/mol. The van der Waals surface area contributed by atoms with Crippen LogP contribution in [0.25, 0.3) is 0 Å². The van der Waals surface area contributed by atoms with Gasteiger partial charge in [0.05, 0.1) is 24.9 Å². The molecule has 3 saturated heterocycles. The summed E-state index contributed by atoms with van der Waals surface area (Å²) < 4.78 is 0. The number of amides is 3. The molecule has 0 aliphatic carbocycles. The minimum atomic E-state index is -1.13. The summed E-state index contributed by atoms with van der Waals surface area (Å²) in [5, 5.41) is 0. The number of hydrogen-bond acceptors (Lipinski definition) is 4. The van der Waals surface area contributed by atoms with Crippen molar-refractivity contribution >= 4 is 23.4 Å². The number of hydrogen-bond donors (Lipinski definition) is 0. The van der Waals surface area contributed by atoms with Gasteiger partial charge in [0.15, 0.2) is 0 Å². The van der Waals surface area contributed by atoms with E-state index in [4.69, 9.17) is 0 Å². The maximum atomic E-state index is 14.6. The highest BCUT2D eigenvalue weighted by atomic mass is 16.2. The summed E-state index contributed by atoms with van der Waals surface area (Å²) in [5.74, 6) is -1.61. The van der Waals surface area contributed by atoms with Gasteiger partial charge < -0.3 is 4.90 Å². The lowest BCUT2D eigenvalue weighted by Gasteiger charge is -2.37. The molecule has 6 heteroatoms. The number of benzene rings is 3. The van der Waals surface area contributed by atoms with Gasteiger partial charge in [0.25, 0.3) is 5.91 Å². The highest BCUT2D eigenvalue weighted by Crippen LogP contribution is 2.61. The zero-order valence-electron chi connectivity index (χ0n) is 19.9. The third kappa shape index (κ3) is 2.73. The molecule has 0 bridgehead atoms. The zero-order valence-corrected chi connectivity index (χ0v) is 19.9. The van der Waals surface area contributed by atoms with Gasteiger partial charge in [0, 0.05) is 17.3 Å². The fourth-order valence-electron chi connectivity index (χ4n) is 7.24. The Labute approximate surface area is 210 Å². The molecule has 4 heterocycles. The second kappa shape index (κ2) is 7.87. The van der Waals surface area contributed by atoms with E-state index in [1.165, 1.54) is 4.90 Å². The van der Waals surface area contributed by atoms with Crippen LogP contribution in [0.3, 0.4) is 0 Å². The van der Waals surface area contributed by atoms with Gasteiger partial charge >= 0.3 is 0 Å². The molecule has 0 unspecified atom stereocenters. The first kappa shape index (κ1) is 21.5. The average Bonchev–Trinajstić information content (AvgIpc) is 3.61. The van der Waals surface area contributed by atoms with Crippen LogP contribution in [-0.4, -0.2) is 40.1 Å². The molecular formula is C30H27N3O3. The lowest BCUT2D eigenvalue weighted by Crippen LogP contribution is -2.55. The summed E-state index contributed by atoms with van der Waals surface area (Å²) in [6.07, 6.45) is 1.75. The van der Waals surface area contributed by atoms with E-state index in [1.807, 2.05) is 89.8 Å². The number of nitrogens with zero attached hydrogens (tertiary/aromatic N) is 3. The summed E-state index contributed by atoms with van der Waals surface area (Å²) in [5.41, 5.74) is 2.53. The maximum absolute atomic E-state index is 14.6. The van der Waals surface area contributed by atoms with Crippen molar-refractivity contribution in [2.24, 2.45) is 11.8 Å². The van der Waals surface area contributed by atoms with E-state index in [-0.39, 0.29) is 30.3 Å². The number of para-hydroxylation sites is 1. The Hall–Kier alpha value is -3.77. The van der Waals surface area contributed by atoms with Crippen molar-refractivity contribution in [2.45, 2.75) is 37.5 Å². The molecule has 0 aromatic heterocycles. The van der Waals surface area contributed by atoms with Crippen molar-refractivity contribution < 1.29 is 14.4 Å². The van der Waals surface area contributed by atoms with E-state index in [0.29, 0.717) is 6.54 Å². The predicted octanol–water partition coefficient (Wildman–Crippen LogP) is 3.71. The zero-order chi connectivity index (χ0) is 24.4. The molecule has 36 heavy (non-hydrogen) atoms. The second-order valence-electron chi connectivity index (χ2n) is 10.3. The fourth-order valence-corrected chi connectivity index (χ4v) is 7.24. The van der Waals surface area contributed by atoms with Crippen LogP contribution < -0.4 is 4.90 Å². The number of imide groups is 1.